The molecule has 0 heterocycles. The van der Waals surface area contributed by atoms with E-state index < -0.39 is 10.0 Å². The number of anilines is 1. The van der Waals surface area contributed by atoms with Gasteiger partial charge in [-0.15, -0.1) is 0 Å². The molecule has 0 aromatic heterocycles. The summed E-state index contributed by atoms with van der Waals surface area (Å²) in [6, 6.07) is 10.9. The molecule has 0 fully saturated rings. The topological polar surface area (TPSA) is 103 Å². The lowest BCUT2D eigenvalue weighted by Crippen LogP contribution is -2.25. The molecule has 0 saturated carbocycles. The fourth-order valence-corrected chi connectivity index (χ4v) is 3.80. The number of amides is 1. The van der Waals surface area contributed by atoms with E-state index in [9.17, 15) is 13.2 Å². The lowest BCUT2D eigenvalue weighted by atomic mass is 10.2. The SMILES string of the molecule is CCOCCCNS(=O)(=O)c1ccc(NC(=O)c2ccc(OCC)c(OCC)c2)cc1. The summed E-state index contributed by atoms with van der Waals surface area (Å²) in [6.07, 6.45) is 0.590. The Kier molecular flexibility index (Phi) is 9.77. The fourth-order valence-electron chi connectivity index (χ4n) is 2.72. The molecule has 2 aromatic rings. The van der Waals surface area contributed by atoms with Crippen LogP contribution in [0.5, 0.6) is 11.5 Å². The van der Waals surface area contributed by atoms with Gasteiger partial charge in [-0.25, -0.2) is 13.1 Å². The van der Waals surface area contributed by atoms with Crippen LogP contribution in [-0.4, -0.2) is 47.3 Å². The van der Waals surface area contributed by atoms with Gasteiger partial charge in [0.05, 0.1) is 18.1 Å². The third-order valence-corrected chi connectivity index (χ3v) is 5.67. The molecule has 0 aliphatic heterocycles. The highest BCUT2D eigenvalue weighted by molar-refractivity contribution is 7.89. The van der Waals surface area contributed by atoms with E-state index in [1.165, 1.54) is 12.1 Å². The molecular formula is C22H30N2O6S. The highest BCUT2D eigenvalue weighted by atomic mass is 32.2. The largest absolute Gasteiger partial charge is 0.490 e. The Morgan fingerprint density at radius 2 is 1.58 bits per heavy atom. The van der Waals surface area contributed by atoms with E-state index in [2.05, 4.69) is 10.0 Å². The minimum atomic E-state index is -3.62. The minimum absolute atomic E-state index is 0.126. The number of nitrogens with one attached hydrogen (secondary N) is 2. The number of ether oxygens (including phenoxy) is 3. The molecule has 0 saturated heterocycles. The fraction of sp³-hybridized carbons (Fsp3) is 0.409. The van der Waals surface area contributed by atoms with Crippen molar-refractivity contribution in [1.29, 1.82) is 0 Å². The van der Waals surface area contributed by atoms with Crippen molar-refractivity contribution in [2.75, 3.05) is 38.3 Å². The zero-order chi connectivity index (χ0) is 22.7. The first-order chi connectivity index (χ1) is 14.9. The van der Waals surface area contributed by atoms with E-state index in [-0.39, 0.29) is 10.8 Å². The monoisotopic (exact) mass is 450 g/mol. The number of carbonyl (C=O) groups excluding carboxylic acids is 1. The van der Waals surface area contributed by atoms with Crippen molar-refractivity contribution >= 4 is 21.6 Å². The second-order valence-corrected chi connectivity index (χ2v) is 8.22. The Morgan fingerprint density at radius 1 is 0.903 bits per heavy atom. The Bertz CT molecular complexity index is 945. The van der Waals surface area contributed by atoms with Gasteiger partial charge in [-0.05, 0) is 69.7 Å². The van der Waals surface area contributed by atoms with Gasteiger partial charge in [-0.1, -0.05) is 0 Å². The molecule has 2 rings (SSSR count). The molecule has 1 amide bonds. The molecule has 2 aromatic carbocycles. The third-order valence-electron chi connectivity index (χ3n) is 4.19. The Morgan fingerprint density at radius 3 is 2.23 bits per heavy atom. The van der Waals surface area contributed by atoms with Crippen molar-refractivity contribution in [2.24, 2.45) is 0 Å². The molecule has 9 heteroatoms. The van der Waals surface area contributed by atoms with Gasteiger partial charge in [-0.3, -0.25) is 4.79 Å². The number of rotatable bonds is 13. The Balaban J connectivity index is 2.02. The summed E-state index contributed by atoms with van der Waals surface area (Å²) in [5.41, 5.74) is 0.881. The van der Waals surface area contributed by atoms with Crippen LogP contribution < -0.4 is 19.5 Å². The van der Waals surface area contributed by atoms with Crippen LogP contribution in [0, 0.1) is 0 Å². The first-order valence-electron chi connectivity index (χ1n) is 10.3. The summed E-state index contributed by atoms with van der Waals surface area (Å²) in [5.74, 6) is 0.728. The highest BCUT2D eigenvalue weighted by Gasteiger charge is 2.15. The quantitative estimate of drug-likeness (QED) is 0.453. The van der Waals surface area contributed by atoms with Gasteiger partial charge in [0.2, 0.25) is 10.0 Å². The van der Waals surface area contributed by atoms with Crippen LogP contribution in [0.1, 0.15) is 37.6 Å². The summed E-state index contributed by atoms with van der Waals surface area (Å²) in [6.45, 7) is 7.94. The van der Waals surface area contributed by atoms with Crippen molar-refractivity contribution < 1.29 is 27.4 Å². The lowest BCUT2D eigenvalue weighted by Gasteiger charge is -2.13. The molecule has 0 aliphatic carbocycles. The molecule has 2 N–H and O–H groups in total. The van der Waals surface area contributed by atoms with E-state index in [0.717, 1.165) is 0 Å². The van der Waals surface area contributed by atoms with Crippen LogP contribution in [0.15, 0.2) is 47.4 Å². The van der Waals surface area contributed by atoms with Crippen molar-refractivity contribution in [2.45, 2.75) is 32.1 Å². The number of carbonyl (C=O) groups is 1. The van der Waals surface area contributed by atoms with Crippen LogP contribution >= 0.6 is 0 Å². The molecule has 170 valence electrons. The summed E-state index contributed by atoms with van der Waals surface area (Å²) in [5, 5.41) is 2.76. The second-order valence-electron chi connectivity index (χ2n) is 6.45. The van der Waals surface area contributed by atoms with Crippen LogP contribution in [0.3, 0.4) is 0 Å². The van der Waals surface area contributed by atoms with E-state index in [4.69, 9.17) is 14.2 Å². The molecule has 0 aliphatic rings. The maximum atomic E-state index is 12.6. The summed E-state index contributed by atoms with van der Waals surface area (Å²) in [7, 11) is -3.62. The van der Waals surface area contributed by atoms with Gasteiger partial charge in [0.1, 0.15) is 0 Å². The molecule has 8 nitrogen and oxygen atoms in total. The highest BCUT2D eigenvalue weighted by Crippen LogP contribution is 2.29. The zero-order valence-electron chi connectivity index (χ0n) is 18.1. The average molecular weight is 451 g/mol. The standard InChI is InChI=1S/C22H30N2O6S/c1-4-28-15-7-14-23-31(26,27)19-11-9-18(10-12-19)24-22(25)17-8-13-20(29-5-2)21(16-17)30-6-3/h8-13,16,23H,4-7,14-15H2,1-3H3,(H,24,25). The van der Waals surface area contributed by atoms with Gasteiger partial charge in [0, 0.05) is 31.0 Å². The molecule has 0 unspecified atom stereocenters. The maximum absolute atomic E-state index is 12.6. The smallest absolute Gasteiger partial charge is 0.255 e. The van der Waals surface area contributed by atoms with Gasteiger partial charge >= 0.3 is 0 Å². The van der Waals surface area contributed by atoms with Crippen LogP contribution in [-0.2, 0) is 14.8 Å². The van der Waals surface area contributed by atoms with Crippen molar-refractivity contribution in [3.05, 3.63) is 48.0 Å². The second kappa shape index (κ2) is 12.3. The number of hydrogen-bond donors (Lipinski definition) is 2. The Labute approximate surface area is 184 Å². The van der Waals surface area contributed by atoms with Crippen LogP contribution in [0.25, 0.3) is 0 Å². The predicted molar refractivity (Wildman–Crippen MR) is 119 cm³/mol. The number of benzene rings is 2. The molecule has 31 heavy (non-hydrogen) atoms. The first-order valence-corrected chi connectivity index (χ1v) is 11.8. The van der Waals surface area contributed by atoms with E-state index in [1.807, 2.05) is 20.8 Å². The summed E-state index contributed by atoms with van der Waals surface area (Å²) >= 11 is 0. The number of hydrogen-bond acceptors (Lipinski definition) is 6. The maximum Gasteiger partial charge on any atom is 0.255 e. The van der Waals surface area contributed by atoms with E-state index in [1.54, 1.807) is 30.3 Å². The van der Waals surface area contributed by atoms with Gasteiger partial charge < -0.3 is 19.5 Å². The van der Waals surface area contributed by atoms with Crippen LogP contribution in [0.4, 0.5) is 5.69 Å². The first kappa shape index (κ1) is 24.6. The van der Waals surface area contributed by atoms with E-state index >= 15 is 0 Å². The minimum Gasteiger partial charge on any atom is -0.490 e. The summed E-state index contributed by atoms with van der Waals surface area (Å²) < 4.78 is 43.5. The molecule has 0 atom stereocenters. The van der Waals surface area contributed by atoms with Gasteiger partial charge in [-0.2, -0.15) is 0 Å². The normalized spacial score (nSPS) is 11.2. The van der Waals surface area contributed by atoms with Crippen molar-refractivity contribution in [3.63, 3.8) is 0 Å². The summed E-state index contributed by atoms with van der Waals surface area (Å²) in [4.78, 5) is 12.7. The molecular weight excluding hydrogens is 420 g/mol. The molecule has 0 bridgehead atoms. The Hall–Kier alpha value is -2.62. The van der Waals surface area contributed by atoms with Gasteiger partial charge in [0.15, 0.2) is 11.5 Å². The average Bonchev–Trinajstić information content (AvgIpc) is 2.75. The van der Waals surface area contributed by atoms with E-state index in [0.29, 0.717) is 62.1 Å². The van der Waals surface area contributed by atoms with Crippen molar-refractivity contribution in [1.82, 2.24) is 4.72 Å². The number of sulfonamides is 1. The van der Waals surface area contributed by atoms with Crippen LogP contribution in [0.2, 0.25) is 0 Å². The predicted octanol–water partition coefficient (Wildman–Crippen LogP) is 3.44. The lowest BCUT2D eigenvalue weighted by molar-refractivity contribution is 0.102. The van der Waals surface area contributed by atoms with Gasteiger partial charge in [0.25, 0.3) is 5.91 Å². The molecule has 0 radical (unpaired) electrons. The van der Waals surface area contributed by atoms with Crippen molar-refractivity contribution in [3.8, 4) is 11.5 Å². The third kappa shape index (κ3) is 7.54. The molecule has 0 spiro atoms. The zero-order valence-corrected chi connectivity index (χ0v) is 19.0.